The van der Waals surface area contributed by atoms with Gasteiger partial charge in [-0.15, -0.1) is 0 Å². The molecule has 3 aliphatic carbocycles. The Bertz CT molecular complexity index is 677. The molecule has 1 aromatic rings. The Kier molecular flexibility index (Phi) is 3.89. The number of nitrogens with one attached hydrogen (secondary N) is 2. The van der Waals surface area contributed by atoms with Crippen molar-refractivity contribution in [3.8, 4) is 0 Å². The Morgan fingerprint density at radius 3 is 3.00 bits per heavy atom. The Labute approximate surface area is 151 Å². The summed E-state index contributed by atoms with van der Waals surface area (Å²) in [6.07, 6.45) is 11.6. The molecule has 2 saturated carbocycles. The summed E-state index contributed by atoms with van der Waals surface area (Å²) in [6.45, 7) is 1.97. The topological polar surface area (TPSA) is 41.1 Å². The molecule has 4 aliphatic rings. The summed E-state index contributed by atoms with van der Waals surface area (Å²) in [4.78, 5) is 12.6. The van der Waals surface area contributed by atoms with Crippen LogP contribution in [0.4, 0.5) is 0 Å². The normalized spacial score (nSPS) is 33.3. The van der Waals surface area contributed by atoms with Gasteiger partial charge in [-0.05, 0) is 73.7 Å². The minimum absolute atomic E-state index is 0.128. The van der Waals surface area contributed by atoms with E-state index in [0.717, 1.165) is 43.3 Å². The van der Waals surface area contributed by atoms with E-state index in [9.17, 15) is 4.79 Å². The molecule has 1 aromatic carbocycles. The van der Waals surface area contributed by atoms with Gasteiger partial charge in [-0.2, -0.15) is 0 Å². The van der Waals surface area contributed by atoms with E-state index in [2.05, 4.69) is 28.8 Å². The average molecular weight is 338 g/mol. The molecule has 5 rings (SSSR count). The summed E-state index contributed by atoms with van der Waals surface area (Å²) in [7, 11) is 0. The van der Waals surface area contributed by atoms with Crippen molar-refractivity contribution in [2.24, 2.45) is 11.8 Å². The van der Waals surface area contributed by atoms with Gasteiger partial charge in [-0.25, -0.2) is 0 Å². The van der Waals surface area contributed by atoms with Crippen molar-refractivity contribution in [3.05, 3.63) is 34.9 Å². The van der Waals surface area contributed by atoms with E-state index in [0.29, 0.717) is 11.5 Å². The molecule has 0 aromatic heterocycles. The molecule has 3 fully saturated rings. The van der Waals surface area contributed by atoms with E-state index >= 15 is 0 Å². The maximum atomic E-state index is 12.6. The Balaban J connectivity index is 1.43. The van der Waals surface area contributed by atoms with Gasteiger partial charge in [0.15, 0.2) is 0 Å². The Morgan fingerprint density at radius 2 is 2.12 bits per heavy atom. The predicted octanol–water partition coefficient (Wildman–Crippen LogP) is 3.56. The lowest BCUT2D eigenvalue weighted by atomic mass is 9.52. The van der Waals surface area contributed by atoms with Crippen molar-refractivity contribution in [3.63, 3.8) is 0 Å². The van der Waals surface area contributed by atoms with Gasteiger partial charge in [0, 0.05) is 23.6 Å². The van der Waals surface area contributed by atoms with E-state index in [-0.39, 0.29) is 5.91 Å². The molecule has 2 bridgehead atoms. The second kappa shape index (κ2) is 6.12. The van der Waals surface area contributed by atoms with Crippen LogP contribution >= 0.6 is 0 Å². The number of rotatable bonds is 4. The first-order valence-electron chi connectivity index (χ1n) is 10.4. The highest BCUT2D eigenvalue weighted by atomic mass is 16.1. The Hall–Kier alpha value is -1.35. The van der Waals surface area contributed by atoms with Crippen molar-refractivity contribution < 1.29 is 4.79 Å². The van der Waals surface area contributed by atoms with Gasteiger partial charge in [0.05, 0.1) is 0 Å². The highest BCUT2D eigenvalue weighted by Gasteiger charge is 2.51. The van der Waals surface area contributed by atoms with Gasteiger partial charge in [0.25, 0.3) is 5.91 Å². The molecule has 3 atom stereocenters. The molecule has 134 valence electrons. The van der Waals surface area contributed by atoms with Gasteiger partial charge in [0.2, 0.25) is 0 Å². The van der Waals surface area contributed by atoms with Crippen molar-refractivity contribution in [2.75, 3.05) is 13.1 Å². The van der Waals surface area contributed by atoms with Gasteiger partial charge in [-0.1, -0.05) is 31.7 Å². The lowest BCUT2D eigenvalue weighted by molar-refractivity contribution is 0.0795. The summed E-state index contributed by atoms with van der Waals surface area (Å²) >= 11 is 0. The first kappa shape index (κ1) is 15.9. The lowest BCUT2D eigenvalue weighted by Gasteiger charge is -2.56. The molecular formula is C22H30N2O. The van der Waals surface area contributed by atoms with Crippen LogP contribution in [0.3, 0.4) is 0 Å². The van der Waals surface area contributed by atoms with Gasteiger partial charge < -0.3 is 10.6 Å². The number of hydrogen-bond acceptors (Lipinski definition) is 2. The van der Waals surface area contributed by atoms with Crippen LogP contribution in [0.5, 0.6) is 0 Å². The van der Waals surface area contributed by atoms with Crippen molar-refractivity contribution >= 4 is 5.91 Å². The van der Waals surface area contributed by atoms with Crippen LogP contribution in [0.15, 0.2) is 18.2 Å². The first-order chi connectivity index (χ1) is 12.3. The number of carbonyl (C=O) groups is 1. The van der Waals surface area contributed by atoms with Crippen molar-refractivity contribution in [2.45, 2.75) is 69.2 Å². The lowest BCUT2D eigenvalue weighted by Crippen LogP contribution is -2.59. The smallest absolute Gasteiger partial charge is 0.251 e. The maximum Gasteiger partial charge on any atom is 0.251 e. The van der Waals surface area contributed by atoms with Crippen LogP contribution < -0.4 is 10.6 Å². The SMILES string of the molecule is O=C(NCCC1CC1)c1ccc2c(c1)C13CCCCC1[C@@H](C2)NCC3. The van der Waals surface area contributed by atoms with Crippen LogP contribution in [0, 0.1) is 11.8 Å². The molecule has 1 aliphatic heterocycles. The van der Waals surface area contributed by atoms with E-state index < -0.39 is 0 Å². The zero-order valence-electron chi connectivity index (χ0n) is 15.2. The van der Waals surface area contributed by atoms with Crippen LogP contribution in [0.25, 0.3) is 0 Å². The molecule has 2 N–H and O–H groups in total. The minimum atomic E-state index is 0.128. The zero-order chi connectivity index (χ0) is 16.9. The number of benzene rings is 1. The number of piperidine rings is 1. The van der Waals surface area contributed by atoms with Gasteiger partial charge in [0.1, 0.15) is 0 Å². The van der Waals surface area contributed by atoms with Crippen LogP contribution in [-0.4, -0.2) is 25.0 Å². The summed E-state index contributed by atoms with van der Waals surface area (Å²) in [5.41, 5.74) is 4.23. The molecule has 1 saturated heterocycles. The first-order valence-corrected chi connectivity index (χ1v) is 10.4. The van der Waals surface area contributed by atoms with Crippen molar-refractivity contribution in [1.82, 2.24) is 10.6 Å². The summed E-state index contributed by atoms with van der Waals surface area (Å²) < 4.78 is 0. The second-order valence-electron chi connectivity index (χ2n) is 8.88. The van der Waals surface area contributed by atoms with Gasteiger partial charge >= 0.3 is 0 Å². The quantitative estimate of drug-likeness (QED) is 0.881. The number of amides is 1. The highest BCUT2D eigenvalue weighted by Crippen LogP contribution is 2.53. The van der Waals surface area contributed by atoms with Gasteiger partial charge in [-0.3, -0.25) is 4.79 Å². The highest BCUT2D eigenvalue weighted by molar-refractivity contribution is 5.94. The third kappa shape index (κ3) is 2.71. The number of carbonyl (C=O) groups excluding carboxylic acids is 1. The summed E-state index contributed by atoms with van der Waals surface area (Å²) in [5.74, 6) is 1.77. The summed E-state index contributed by atoms with van der Waals surface area (Å²) in [5, 5.41) is 6.94. The predicted molar refractivity (Wildman–Crippen MR) is 99.9 cm³/mol. The average Bonchev–Trinajstić information content (AvgIpc) is 3.46. The standard InChI is InChI=1S/C22H30N2O/c25-21(24-11-8-15-4-5-15)17-7-6-16-14-20-18-3-1-2-9-22(18,10-12-23-20)19(16)13-17/h6-7,13,15,18,20,23H,1-5,8-12,14H2,(H,24,25)/t18?,20-,22?/m1/s1. The maximum absolute atomic E-state index is 12.6. The van der Waals surface area contributed by atoms with Crippen LogP contribution in [-0.2, 0) is 11.8 Å². The molecule has 3 heteroatoms. The number of fused-ring (bicyclic) bond motifs is 1. The molecule has 0 radical (unpaired) electrons. The fourth-order valence-electron chi connectivity index (χ4n) is 5.96. The molecule has 1 amide bonds. The molecular weight excluding hydrogens is 308 g/mol. The largest absolute Gasteiger partial charge is 0.352 e. The second-order valence-corrected chi connectivity index (χ2v) is 8.88. The van der Waals surface area contributed by atoms with E-state index in [1.807, 2.05) is 0 Å². The third-order valence-electron chi connectivity index (χ3n) is 7.44. The fraction of sp³-hybridized carbons (Fsp3) is 0.682. The monoisotopic (exact) mass is 338 g/mol. The zero-order valence-corrected chi connectivity index (χ0v) is 15.2. The fourth-order valence-corrected chi connectivity index (χ4v) is 5.96. The molecule has 3 nitrogen and oxygen atoms in total. The molecule has 2 unspecified atom stereocenters. The minimum Gasteiger partial charge on any atom is -0.352 e. The third-order valence-corrected chi connectivity index (χ3v) is 7.44. The summed E-state index contributed by atoms with van der Waals surface area (Å²) in [6, 6.07) is 7.22. The van der Waals surface area contributed by atoms with Crippen molar-refractivity contribution in [1.29, 1.82) is 0 Å². The van der Waals surface area contributed by atoms with Crippen LogP contribution in [0.2, 0.25) is 0 Å². The Morgan fingerprint density at radius 1 is 1.20 bits per heavy atom. The number of hydrogen-bond donors (Lipinski definition) is 2. The van der Waals surface area contributed by atoms with E-state index in [4.69, 9.17) is 0 Å². The van der Waals surface area contributed by atoms with E-state index in [1.165, 1.54) is 56.1 Å². The molecule has 0 spiro atoms. The molecule has 25 heavy (non-hydrogen) atoms. The molecule has 1 heterocycles. The van der Waals surface area contributed by atoms with E-state index in [1.54, 1.807) is 0 Å². The van der Waals surface area contributed by atoms with Crippen LogP contribution in [0.1, 0.15) is 72.9 Å².